The van der Waals surface area contributed by atoms with Crippen LogP contribution in [0.4, 0.5) is 34.1 Å². The van der Waals surface area contributed by atoms with Gasteiger partial charge >= 0.3 is 0 Å². The molecule has 4 nitrogen and oxygen atoms in total. The van der Waals surface area contributed by atoms with Crippen LogP contribution in [0.2, 0.25) is 0 Å². The van der Waals surface area contributed by atoms with Crippen molar-refractivity contribution in [1.29, 1.82) is 0 Å². The van der Waals surface area contributed by atoms with Gasteiger partial charge in [0.2, 0.25) is 0 Å². The highest BCUT2D eigenvalue weighted by Gasteiger charge is 2.48. The van der Waals surface area contributed by atoms with Crippen molar-refractivity contribution in [3.63, 3.8) is 0 Å². The van der Waals surface area contributed by atoms with Gasteiger partial charge in [0.15, 0.2) is 0 Å². The van der Waals surface area contributed by atoms with Crippen molar-refractivity contribution in [3.8, 4) is 33.4 Å². The van der Waals surface area contributed by atoms with Gasteiger partial charge in [-0.2, -0.15) is 0 Å². The van der Waals surface area contributed by atoms with Gasteiger partial charge in [-0.3, -0.25) is 0 Å². The molecule has 3 heterocycles. The molecular weight excluding hydrogens is 1140 g/mol. The van der Waals surface area contributed by atoms with Gasteiger partial charge in [-0.1, -0.05) is 203 Å². The standard InChI is InChI=1S/C45H39NO.C42H33NOS/c1-43(2)37-18-12-10-16-31(37)32-22-20-29(24-38(32)43)46(28-14-8-7-9-15-28)30-21-23-33-35-26-36-34-17-11-13-19-41(34)47-42(36)27-40(35)45(5,6)44(3,4)39(33)25-30;1-41(2)35-23-28(18-20-29(35)32-24-33-30-14-8-10-16-37(30)44-38(33)25-36(32)42(41,3)4)43(26-12-6-5-7-13-26)27-19-21-40-34(22-27)31-15-9-11-17-39(31)45-40/h7-27H,1-6H3;5-25H,1-4H3. The summed E-state index contributed by atoms with van der Waals surface area (Å²) in [6, 6.07) is 93.5. The molecule has 3 aliphatic rings. The molecule has 92 heavy (non-hydrogen) atoms. The van der Waals surface area contributed by atoms with Crippen molar-refractivity contribution in [2.45, 2.75) is 96.3 Å². The van der Waals surface area contributed by atoms with E-state index in [-0.39, 0.29) is 27.1 Å². The number of rotatable bonds is 6. The molecule has 0 unspecified atom stereocenters. The lowest BCUT2D eigenvalue weighted by atomic mass is 9.55. The van der Waals surface area contributed by atoms with Crippen LogP contribution in [0.25, 0.3) is 97.4 Å². The van der Waals surface area contributed by atoms with E-state index in [9.17, 15) is 0 Å². The zero-order valence-electron chi connectivity index (χ0n) is 53.9. The Labute approximate surface area is 542 Å². The maximum atomic E-state index is 6.38. The van der Waals surface area contributed by atoms with Crippen LogP contribution >= 0.6 is 11.3 Å². The molecule has 0 saturated carbocycles. The molecule has 0 spiro atoms. The average Bonchev–Trinajstić information content (AvgIpc) is 0.899. The molecule has 448 valence electrons. The van der Waals surface area contributed by atoms with Crippen LogP contribution in [0.3, 0.4) is 0 Å². The van der Waals surface area contributed by atoms with E-state index in [0.29, 0.717) is 0 Å². The summed E-state index contributed by atoms with van der Waals surface area (Å²) in [4.78, 5) is 4.85. The second kappa shape index (κ2) is 20.0. The van der Waals surface area contributed by atoms with E-state index < -0.39 is 0 Å². The third-order valence-electron chi connectivity index (χ3n) is 22.4. The third-order valence-corrected chi connectivity index (χ3v) is 23.6. The fourth-order valence-corrected chi connectivity index (χ4v) is 17.0. The van der Waals surface area contributed by atoms with E-state index in [4.69, 9.17) is 8.83 Å². The Morgan fingerprint density at radius 3 is 1.12 bits per heavy atom. The predicted octanol–water partition coefficient (Wildman–Crippen LogP) is 25.3. The molecular formula is C87H72N2O2S. The van der Waals surface area contributed by atoms with Crippen molar-refractivity contribution in [2.75, 3.05) is 9.80 Å². The van der Waals surface area contributed by atoms with E-state index in [0.717, 1.165) is 39.4 Å². The molecule has 0 N–H and O–H groups in total. The molecule has 3 aromatic heterocycles. The van der Waals surface area contributed by atoms with Crippen molar-refractivity contribution in [3.05, 3.63) is 288 Å². The van der Waals surface area contributed by atoms with Gasteiger partial charge < -0.3 is 18.6 Å². The zero-order chi connectivity index (χ0) is 62.8. The fraction of sp³-hybridized carbons (Fsp3) is 0.172. The van der Waals surface area contributed by atoms with E-state index >= 15 is 0 Å². The van der Waals surface area contributed by atoms with Gasteiger partial charge in [-0.25, -0.2) is 0 Å². The Balaban J connectivity index is 0.000000141. The summed E-state index contributed by atoms with van der Waals surface area (Å²) in [5.74, 6) is 0. The van der Waals surface area contributed by atoms with E-state index in [1.165, 1.54) is 126 Å². The molecule has 12 aromatic carbocycles. The van der Waals surface area contributed by atoms with Gasteiger partial charge in [-0.05, 0) is 210 Å². The lowest BCUT2D eigenvalue weighted by Gasteiger charge is -2.48. The Morgan fingerprint density at radius 1 is 0.239 bits per heavy atom. The maximum Gasteiger partial charge on any atom is 0.135 e. The highest BCUT2D eigenvalue weighted by atomic mass is 32.1. The van der Waals surface area contributed by atoms with E-state index in [1.54, 1.807) is 0 Å². The number of benzene rings is 12. The van der Waals surface area contributed by atoms with Crippen LogP contribution in [0.15, 0.2) is 264 Å². The maximum absolute atomic E-state index is 6.38. The highest BCUT2D eigenvalue weighted by molar-refractivity contribution is 7.25. The first-order valence-corrected chi connectivity index (χ1v) is 33.3. The Morgan fingerprint density at radius 2 is 0.609 bits per heavy atom. The SMILES string of the molecule is CC1(C)c2cc(N(c3ccccc3)c3ccc4sc5ccccc5c4c3)ccc2-c2cc3c(cc2C1(C)C)oc1ccccc13.CC1(C)c2ccccc2-c2ccc(N(c3ccccc3)c3ccc4c(c3)C(C)(C)C(C)(C)c3cc5oc6ccccc6c5cc3-4)cc21. The summed E-state index contributed by atoms with van der Waals surface area (Å²) in [5.41, 5.74) is 26.3. The summed E-state index contributed by atoms with van der Waals surface area (Å²) in [6.45, 7) is 23.9. The quantitative estimate of drug-likeness (QED) is 0.166. The Kier molecular flexibility index (Phi) is 12.2. The van der Waals surface area contributed by atoms with Gasteiger partial charge in [-0.15, -0.1) is 11.3 Å². The number of hydrogen-bond donors (Lipinski definition) is 0. The van der Waals surface area contributed by atoms with Crippen molar-refractivity contribution >= 4 is 110 Å². The monoisotopic (exact) mass is 1210 g/mol. The molecule has 0 saturated heterocycles. The first kappa shape index (κ1) is 56.1. The van der Waals surface area contributed by atoms with Crippen molar-refractivity contribution in [1.82, 2.24) is 0 Å². The minimum Gasteiger partial charge on any atom is -0.456 e. The first-order valence-electron chi connectivity index (χ1n) is 32.5. The minimum atomic E-state index is -0.144. The molecule has 3 aliphatic carbocycles. The second-order valence-corrected chi connectivity index (χ2v) is 29.5. The number of nitrogens with zero attached hydrogens (tertiary/aromatic N) is 2. The van der Waals surface area contributed by atoms with Gasteiger partial charge in [0.25, 0.3) is 0 Å². The first-order chi connectivity index (χ1) is 44.4. The molecule has 5 heteroatoms. The lowest BCUT2D eigenvalue weighted by Crippen LogP contribution is -2.43. The summed E-state index contributed by atoms with van der Waals surface area (Å²) < 4.78 is 15.4. The average molecular weight is 1210 g/mol. The van der Waals surface area contributed by atoms with Gasteiger partial charge in [0.1, 0.15) is 22.3 Å². The lowest BCUT2D eigenvalue weighted by molar-refractivity contribution is 0.299. The van der Waals surface area contributed by atoms with Crippen molar-refractivity contribution < 1.29 is 8.83 Å². The van der Waals surface area contributed by atoms with Crippen LogP contribution < -0.4 is 9.80 Å². The minimum absolute atomic E-state index is 0.0710. The fourth-order valence-electron chi connectivity index (χ4n) is 15.9. The topological polar surface area (TPSA) is 32.8 Å². The van der Waals surface area contributed by atoms with E-state index in [1.807, 2.05) is 23.5 Å². The summed E-state index contributed by atoms with van der Waals surface area (Å²) in [6.07, 6.45) is 0. The third kappa shape index (κ3) is 8.13. The molecule has 18 rings (SSSR count). The summed E-state index contributed by atoms with van der Waals surface area (Å²) in [5, 5.41) is 7.31. The number of thiophene rings is 1. The summed E-state index contributed by atoms with van der Waals surface area (Å²) in [7, 11) is 0. The molecule has 0 fully saturated rings. The van der Waals surface area contributed by atoms with Crippen LogP contribution in [-0.4, -0.2) is 0 Å². The zero-order valence-corrected chi connectivity index (χ0v) is 54.7. The van der Waals surface area contributed by atoms with Gasteiger partial charge in [0.05, 0.1) is 0 Å². The Hall–Kier alpha value is -9.94. The van der Waals surface area contributed by atoms with Crippen LogP contribution in [-0.2, 0) is 27.1 Å². The molecule has 0 atom stereocenters. The summed E-state index contributed by atoms with van der Waals surface area (Å²) >= 11 is 1.86. The number of para-hydroxylation sites is 4. The predicted molar refractivity (Wildman–Crippen MR) is 390 cm³/mol. The van der Waals surface area contributed by atoms with Crippen LogP contribution in [0, 0.1) is 0 Å². The normalized spacial score (nSPS) is 15.7. The molecule has 15 aromatic rings. The smallest absolute Gasteiger partial charge is 0.135 e. The molecule has 0 amide bonds. The number of anilines is 6. The highest BCUT2D eigenvalue weighted by Crippen LogP contribution is 2.59. The van der Waals surface area contributed by atoms with Gasteiger partial charge in [0, 0.05) is 81.3 Å². The molecule has 0 aliphatic heterocycles. The number of fused-ring (bicyclic) bond motifs is 18. The second-order valence-electron chi connectivity index (χ2n) is 28.5. The Bertz CT molecular complexity index is 5520. The molecule has 0 bridgehead atoms. The largest absolute Gasteiger partial charge is 0.456 e. The number of hydrogen-bond acceptors (Lipinski definition) is 5. The number of furan rings is 2. The van der Waals surface area contributed by atoms with Crippen LogP contribution in [0.5, 0.6) is 0 Å². The van der Waals surface area contributed by atoms with Crippen molar-refractivity contribution in [2.24, 2.45) is 0 Å². The van der Waals surface area contributed by atoms with E-state index in [2.05, 4.69) is 322 Å². The molecule has 0 radical (unpaired) electrons. The van der Waals surface area contributed by atoms with Crippen LogP contribution in [0.1, 0.15) is 103 Å².